The van der Waals surface area contributed by atoms with Crippen molar-refractivity contribution in [1.82, 2.24) is 0 Å². The van der Waals surface area contributed by atoms with Crippen LogP contribution in [-0.4, -0.2) is 8.80 Å². The lowest BCUT2D eigenvalue weighted by Crippen LogP contribution is -2.42. The van der Waals surface area contributed by atoms with Gasteiger partial charge in [0.1, 0.15) is 8.80 Å². The quantitative estimate of drug-likeness (QED) is 0.592. The highest BCUT2D eigenvalue weighted by molar-refractivity contribution is 6.85. The van der Waals surface area contributed by atoms with Crippen LogP contribution in [0.1, 0.15) is 18.1 Å². The van der Waals surface area contributed by atoms with Gasteiger partial charge in [0.05, 0.1) is 0 Å². The number of aryl methyl sites for hydroxylation is 1. The Kier molecular flexibility index (Phi) is 5.45. The normalized spacial score (nSPS) is 10.8. The van der Waals surface area contributed by atoms with Gasteiger partial charge in [-0.15, -0.1) is 0 Å². The van der Waals surface area contributed by atoms with E-state index in [1.54, 1.807) is 0 Å². The van der Waals surface area contributed by atoms with E-state index >= 15 is 0 Å². The molecule has 24 heavy (non-hydrogen) atoms. The van der Waals surface area contributed by atoms with Crippen LogP contribution in [0.5, 0.6) is 0 Å². The van der Waals surface area contributed by atoms with Crippen LogP contribution in [-0.2, 0) is 6.42 Å². The maximum absolute atomic E-state index is 4.07. The Balaban J connectivity index is 1.83. The second-order valence-electron chi connectivity index (χ2n) is 6.39. The molecule has 0 aliphatic carbocycles. The lowest BCUT2D eigenvalue weighted by Gasteiger charge is -2.17. The number of hydrogen-bond acceptors (Lipinski definition) is 0. The molecule has 0 fully saturated rings. The Morgan fingerprint density at radius 1 is 0.792 bits per heavy atom. The van der Waals surface area contributed by atoms with Gasteiger partial charge in [0.15, 0.2) is 0 Å². The van der Waals surface area contributed by atoms with Crippen LogP contribution in [0, 0.1) is 0 Å². The van der Waals surface area contributed by atoms with Crippen molar-refractivity contribution < 1.29 is 0 Å². The van der Waals surface area contributed by atoms with Gasteiger partial charge >= 0.3 is 0 Å². The molecule has 1 heteroatoms. The minimum atomic E-state index is -1.18. The fourth-order valence-electron chi connectivity index (χ4n) is 3.20. The van der Waals surface area contributed by atoms with Crippen LogP contribution in [0.4, 0.5) is 0 Å². The zero-order valence-corrected chi connectivity index (χ0v) is 15.4. The second-order valence-corrected chi connectivity index (χ2v) is 9.41. The SMILES string of the molecule is C=C(C)c1cccc(CC[SiH](c2ccccc2)c2ccccc2)c1. The van der Waals surface area contributed by atoms with Gasteiger partial charge in [0, 0.05) is 0 Å². The van der Waals surface area contributed by atoms with Gasteiger partial charge < -0.3 is 0 Å². The summed E-state index contributed by atoms with van der Waals surface area (Å²) in [6, 6.07) is 32.2. The predicted molar refractivity (Wildman–Crippen MR) is 109 cm³/mol. The molecule has 0 nitrogen and oxygen atoms in total. The molecule has 0 saturated heterocycles. The summed E-state index contributed by atoms with van der Waals surface area (Å²) in [7, 11) is -1.18. The molecule has 0 unspecified atom stereocenters. The summed E-state index contributed by atoms with van der Waals surface area (Å²) in [6.07, 6.45) is 1.13. The highest BCUT2D eigenvalue weighted by Crippen LogP contribution is 2.15. The summed E-state index contributed by atoms with van der Waals surface area (Å²) in [5, 5.41) is 3.06. The lowest BCUT2D eigenvalue weighted by molar-refractivity contribution is 1.12. The first-order valence-corrected chi connectivity index (χ1v) is 10.6. The van der Waals surface area contributed by atoms with E-state index < -0.39 is 8.80 Å². The standard InChI is InChI=1S/C23H24Si/c1-19(2)21-11-9-10-20(18-21)16-17-24(22-12-5-3-6-13-22)23-14-7-4-8-15-23/h3-15,18,24H,1,16-17H2,2H3. The van der Waals surface area contributed by atoms with E-state index in [0.717, 1.165) is 12.0 Å². The van der Waals surface area contributed by atoms with Crippen LogP contribution in [0.25, 0.3) is 5.57 Å². The van der Waals surface area contributed by atoms with E-state index in [0.29, 0.717) is 0 Å². The molecule has 0 radical (unpaired) electrons. The Bertz CT molecular complexity index is 751. The van der Waals surface area contributed by atoms with E-state index in [1.165, 1.54) is 27.5 Å². The molecule has 0 amide bonds. The largest absolute Gasteiger partial charge is 0.103 e. The summed E-state index contributed by atoms with van der Waals surface area (Å²) < 4.78 is 0. The van der Waals surface area contributed by atoms with Crippen molar-refractivity contribution in [2.45, 2.75) is 19.4 Å². The van der Waals surface area contributed by atoms with Crippen molar-refractivity contribution in [3.63, 3.8) is 0 Å². The summed E-state index contributed by atoms with van der Waals surface area (Å²) in [6.45, 7) is 6.14. The fraction of sp³-hybridized carbons (Fsp3) is 0.130. The van der Waals surface area contributed by atoms with E-state index in [1.807, 2.05) is 0 Å². The molecule has 0 spiro atoms. The first-order chi connectivity index (χ1) is 11.7. The summed E-state index contributed by atoms with van der Waals surface area (Å²) in [4.78, 5) is 0. The van der Waals surface area contributed by atoms with E-state index in [2.05, 4.69) is 98.4 Å². The Morgan fingerprint density at radius 3 is 1.92 bits per heavy atom. The average Bonchev–Trinajstić information content (AvgIpc) is 2.64. The molecule has 120 valence electrons. The lowest BCUT2D eigenvalue weighted by atomic mass is 10.0. The zero-order valence-electron chi connectivity index (χ0n) is 14.3. The van der Waals surface area contributed by atoms with Gasteiger partial charge in [-0.05, 0) is 30.5 Å². The van der Waals surface area contributed by atoms with Crippen LogP contribution >= 0.6 is 0 Å². The maximum atomic E-state index is 4.07. The van der Waals surface area contributed by atoms with Crippen molar-refractivity contribution in [3.05, 3.63) is 103 Å². The molecule has 3 aromatic rings. The third kappa shape index (κ3) is 4.12. The van der Waals surface area contributed by atoms with Crippen LogP contribution in [0.2, 0.25) is 6.04 Å². The smallest absolute Gasteiger partial charge is 0.0955 e. The van der Waals surface area contributed by atoms with Gasteiger partial charge in [-0.3, -0.25) is 0 Å². The van der Waals surface area contributed by atoms with Crippen molar-refractivity contribution in [1.29, 1.82) is 0 Å². The van der Waals surface area contributed by atoms with E-state index in [9.17, 15) is 0 Å². The first-order valence-electron chi connectivity index (χ1n) is 8.59. The number of hydrogen-bond donors (Lipinski definition) is 0. The number of allylic oxidation sites excluding steroid dienone is 1. The van der Waals surface area contributed by atoms with Gasteiger partial charge in [-0.25, -0.2) is 0 Å². The molecule has 0 N–H and O–H groups in total. The van der Waals surface area contributed by atoms with Crippen molar-refractivity contribution in [2.24, 2.45) is 0 Å². The molecule has 0 aliphatic heterocycles. The van der Waals surface area contributed by atoms with Crippen LogP contribution < -0.4 is 10.4 Å². The van der Waals surface area contributed by atoms with Crippen molar-refractivity contribution in [2.75, 3.05) is 0 Å². The molecule has 0 bridgehead atoms. The predicted octanol–water partition coefficient (Wildman–Crippen LogP) is 4.30. The Morgan fingerprint density at radius 2 is 1.38 bits per heavy atom. The number of benzene rings is 3. The van der Waals surface area contributed by atoms with Crippen LogP contribution in [0.3, 0.4) is 0 Å². The maximum Gasteiger partial charge on any atom is 0.103 e. The molecule has 0 saturated carbocycles. The molecule has 0 heterocycles. The third-order valence-electron chi connectivity index (χ3n) is 4.55. The van der Waals surface area contributed by atoms with E-state index in [-0.39, 0.29) is 0 Å². The molecule has 0 aliphatic rings. The Labute approximate surface area is 147 Å². The minimum Gasteiger partial charge on any atom is -0.0955 e. The summed E-state index contributed by atoms with van der Waals surface area (Å²) in [5.41, 5.74) is 3.81. The highest BCUT2D eigenvalue weighted by atomic mass is 28.3. The van der Waals surface area contributed by atoms with Crippen molar-refractivity contribution in [3.8, 4) is 0 Å². The van der Waals surface area contributed by atoms with Crippen molar-refractivity contribution >= 4 is 24.7 Å². The third-order valence-corrected chi connectivity index (χ3v) is 7.79. The van der Waals surface area contributed by atoms with Gasteiger partial charge in [-0.1, -0.05) is 107 Å². The van der Waals surface area contributed by atoms with Gasteiger partial charge in [0.25, 0.3) is 0 Å². The molecular weight excluding hydrogens is 304 g/mol. The first kappa shape index (κ1) is 16.5. The second kappa shape index (κ2) is 7.94. The molecule has 3 rings (SSSR count). The molecular formula is C23H24Si. The van der Waals surface area contributed by atoms with Gasteiger partial charge in [0.2, 0.25) is 0 Å². The summed E-state index contributed by atoms with van der Waals surface area (Å²) >= 11 is 0. The topological polar surface area (TPSA) is 0 Å². The number of rotatable bonds is 6. The molecule has 0 atom stereocenters. The van der Waals surface area contributed by atoms with Crippen LogP contribution in [0.15, 0.2) is 91.5 Å². The average molecular weight is 329 g/mol. The molecule has 0 aromatic heterocycles. The highest BCUT2D eigenvalue weighted by Gasteiger charge is 2.15. The summed E-state index contributed by atoms with van der Waals surface area (Å²) in [5.74, 6) is 0. The van der Waals surface area contributed by atoms with Gasteiger partial charge in [-0.2, -0.15) is 0 Å². The molecule has 3 aromatic carbocycles. The monoisotopic (exact) mass is 328 g/mol. The fourth-order valence-corrected chi connectivity index (χ4v) is 6.25. The zero-order chi connectivity index (χ0) is 16.8. The Hall–Kier alpha value is -2.38. The minimum absolute atomic E-state index is 1.13. The van der Waals surface area contributed by atoms with E-state index in [4.69, 9.17) is 0 Å².